The molecule has 2 rings (SSSR count). The van der Waals surface area contributed by atoms with Crippen molar-refractivity contribution >= 4 is 5.97 Å². The zero-order valence-corrected chi connectivity index (χ0v) is 10.4. The van der Waals surface area contributed by atoms with Gasteiger partial charge in [0.25, 0.3) is 0 Å². The summed E-state index contributed by atoms with van der Waals surface area (Å²) in [6, 6.07) is 8.95. The molecule has 0 fully saturated rings. The van der Waals surface area contributed by atoms with Crippen LogP contribution in [0.3, 0.4) is 0 Å². The average molecular weight is 261 g/mol. The molecule has 5 nitrogen and oxygen atoms in total. The molecule has 0 aliphatic rings. The molecule has 1 atom stereocenters. The molecule has 1 aromatic carbocycles. The Morgan fingerprint density at radius 1 is 1.37 bits per heavy atom. The highest BCUT2D eigenvalue weighted by molar-refractivity contribution is 5.72. The van der Waals surface area contributed by atoms with Crippen molar-refractivity contribution in [3.8, 4) is 5.75 Å². The van der Waals surface area contributed by atoms with Crippen molar-refractivity contribution in [2.45, 2.75) is 25.4 Å². The number of aryl methyl sites for hydroxylation is 1. The maximum absolute atomic E-state index is 11.1. The quantitative estimate of drug-likeness (QED) is 0.829. The predicted octanol–water partition coefficient (Wildman–Crippen LogP) is 2.53. The van der Waals surface area contributed by atoms with Crippen molar-refractivity contribution in [3.63, 3.8) is 0 Å². The molecule has 0 aliphatic carbocycles. The van der Waals surface area contributed by atoms with Gasteiger partial charge >= 0.3 is 5.97 Å². The first kappa shape index (κ1) is 13.1. The summed E-state index contributed by atoms with van der Waals surface area (Å²) in [7, 11) is 0. The van der Waals surface area contributed by atoms with E-state index >= 15 is 0 Å². The van der Waals surface area contributed by atoms with Gasteiger partial charge in [0, 0.05) is 6.42 Å². The smallest absolute Gasteiger partial charge is 0.344 e. The largest absolute Gasteiger partial charge is 0.479 e. The lowest BCUT2D eigenvalue weighted by molar-refractivity contribution is -0.145. The minimum Gasteiger partial charge on any atom is -0.479 e. The van der Waals surface area contributed by atoms with Gasteiger partial charge in [-0.3, -0.25) is 0 Å². The van der Waals surface area contributed by atoms with E-state index in [1.165, 1.54) is 6.26 Å². The first-order chi connectivity index (χ1) is 9.25. The molecular weight excluding hydrogens is 246 g/mol. The molecule has 2 aromatic rings. The fourth-order valence-electron chi connectivity index (χ4n) is 1.71. The topological polar surface area (TPSA) is 72.6 Å². The first-order valence-corrected chi connectivity index (χ1v) is 6.08. The lowest BCUT2D eigenvalue weighted by Crippen LogP contribution is -2.27. The molecule has 1 N–H and O–H groups in total. The first-order valence-electron chi connectivity index (χ1n) is 6.08. The third kappa shape index (κ3) is 4.13. The summed E-state index contributed by atoms with van der Waals surface area (Å²) in [5, 5.41) is 9.13. The molecule has 1 unspecified atom stereocenters. The highest BCUT2D eigenvalue weighted by Gasteiger charge is 2.19. The van der Waals surface area contributed by atoms with Crippen LogP contribution < -0.4 is 4.74 Å². The van der Waals surface area contributed by atoms with Crippen molar-refractivity contribution in [2.24, 2.45) is 0 Å². The molecule has 1 aromatic heterocycles. The van der Waals surface area contributed by atoms with E-state index in [1.54, 1.807) is 30.5 Å². The summed E-state index contributed by atoms with van der Waals surface area (Å²) in [5.74, 6) is 0.214. The van der Waals surface area contributed by atoms with Crippen LogP contribution in [-0.2, 0) is 11.2 Å². The standard InChI is InChI=1S/C14H15NO4/c16-14(17)12(19-11-5-2-1-3-6-11)7-4-8-13-15-9-10-18-13/h1-3,5-6,9-10,12H,4,7-8H2,(H,16,17). The second-order valence-electron chi connectivity index (χ2n) is 4.08. The van der Waals surface area contributed by atoms with Crippen LogP contribution in [-0.4, -0.2) is 22.2 Å². The van der Waals surface area contributed by atoms with Gasteiger partial charge in [0.05, 0.1) is 6.20 Å². The Morgan fingerprint density at radius 2 is 2.16 bits per heavy atom. The number of ether oxygens (including phenoxy) is 1. The molecule has 100 valence electrons. The average Bonchev–Trinajstić information content (AvgIpc) is 2.92. The monoisotopic (exact) mass is 261 g/mol. The molecule has 5 heteroatoms. The zero-order chi connectivity index (χ0) is 13.5. The van der Waals surface area contributed by atoms with Crippen molar-refractivity contribution in [1.29, 1.82) is 0 Å². The van der Waals surface area contributed by atoms with E-state index in [1.807, 2.05) is 6.07 Å². The lowest BCUT2D eigenvalue weighted by atomic mass is 10.1. The van der Waals surface area contributed by atoms with E-state index in [2.05, 4.69) is 4.98 Å². The fraction of sp³-hybridized carbons (Fsp3) is 0.286. The van der Waals surface area contributed by atoms with Crippen LogP contribution in [0.2, 0.25) is 0 Å². The summed E-state index contributed by atoms with van der Waals surface area (Å²) >= 11 is 0. The molecule has 19 heavy (non-hydrogen) atoms. The number of nitrogens with zero attached hydrogens (tertiary/aromatic N) is 1. The van der Waals surface area contributed by atoms with E-state index < -0.39 is 12.1 Å². The summed E-state index contributed by atoms with van der Waals surface area (Å²) < 4.78 is 10.5. The molecule has 0 saturated heterocycles. The van der Waals surface area contributed by atoms with Crippen molar-refractivity contribution in [3.05, 3.63) is 48.7 Å². The van der Waals surface area contributed by atoms with Crippen LogP contribution >= 0.6 is 0 Å². The zero-order valence-electron chi connectivity index (χ0n) is 10.4. The SMILES string of the molecule is O=C(O)C(CCCc1ncco1)Oc1ccccc1. The van der Waals surface area contributed by atoms with E-state index in [9.17, 15) is 4.79 Å². The second kappa shape index (κ2) is 6.58. The van der Waals surface area contributed by atoms with Gasteiger partial charge in [-0.2, -0.15) is 0 Å². The summed E-state index contributed by atoms with van der Waals surface area (Å²) in [6.45, 7) is 0. The van der Waals surface area contributed by atoms with Gasteiger partial charge in [-0.25, -0.2) is 9.78 Å². The Labute approximate surface area is 110 Å². The third-order valence-corrected chi connectivity index (χ3v) is 2.64. The lowest BCUT2D eigenvalue weighted by Gasteiger charge is -2.14. The number of aliphatic carboxylic acids is 1. The fourth-order valence-corrected chi connectivity index (χ4v) is 1.71. The Kier molecular flexibility index (Phi) is 4.55. The second-order valence-corrected chi connectivity index (χ2v) is 4.08. The van der Waals surface area contributed by atoms with Gasteiger partial charge in [0.15, 0.2) is 12.0 Å². The van der Waals surface area contributed by atoms with E-state index in [4.69, 9.17) is 14.3 Å². The van der Waals surface area contributed by atoms with Gasteiger partial charge in [0.1, 0.15) is 12.0 Å². The minimum atomic E-state index is -0.962. The number of carboxylic acids is 1. The van der Waals surface area contributed by atoms with Crippen LogP contribution in [0.25, 0.3) is 0 Å². The van der Waals surface area contributed by atoms with Crippen LogP contribution in [0.5, 0.6) is 5.75 Å². The van der Waals surface area contributed by atoms with E-state index in [-0.39, 0.29) is 0 Å². The van der Waals surface area contributed by atoms with Gasteiger partial charge < -0.3 is 14.3 Å². The third-order valence-electron chi connectivity index (χ3n) is 2.64. The number of hydrogen-bond donors (Lipinski definition) is 1. The van der Waals surface area contributed by atoms with Crippen molar-refractivity contribution in [2.75, 3.05) is 0 Å². The number of hydrogen-bond acceptors (Lipinski definition) is 4. The maximum Gasteiger partial charge on any atom is 0.344 e. The molecule has 0 spiro atoms. The van der Waals surface area contributed by atoms with Crippen molar-refractivity contribution in [1.82, 2.24) is 4.98 Å². The van der Waals surface area contributed by atoms with Gasteiger partial charge in [-0.15, -0.1) is 0 Å². The number of aromatic nitrogens is 1. The number of rotatable bonds is 7. The molecule has 0 aliphatic heterocycles. The number of para-hydroxylation sites is 1. The summed E-state index contributed by atoms with van der Waals surface area (Å²) in [5.41, 5.74) is 0. The highest BCUT2D eigenvalue weighted by atomic mass is 16.5. The normalized spacial score (nSPS) is 12.0. The van der Waals surface area contributed by atoms with Crippen LogP contribution in [0.15, 0.2) is 47.2 Å². The molecule has 0 bridgehead atoms. The highest BCUT2D eigenvalue weighted by Crippen LogP contribution is 2.14. The Hall–Kier alpha value is -2.30. The molecule has 0 saturated carbocycles. The van der Waals surface area contributed by atoms with Crippen molar-refractivity contribution < 1.29 is 19.1 Å². The molecule has 0 radical (unpaired) electrons. The van der Waals surface area contributed by atoms with Crippen LogP contribution in [0, 0.1) is 0 Å². The Morgan fingerprint density at radius 3 is 2.79 bits per heavy atom. The van der Waals surface area contributed by atoms with Gasteiger partial charge in [-0.1, -0.05) is 18.2 Å². The molecular formula is C14H15NO4. The number of carbonyl (C=O) groups is 1. The summed E-state index contributed by atoms with van der Waals surface area (Å²) in [6.07, 6.45) is 3.89. The summed E-state index contributed by atoms with van der Waals surface area (Å²) in [4.78, 5) is 15.1. The van der Waals surface area contributed by atoms with Crippen LogP contribution in [0.1, 0.15) is 18.7 Å². The van der Waals surface area contributed by atoms with E-state index in [0.29, 0.717) is 30.9 Å². The molecule has 1 heterocycles. The number of carboxylic acid groups (broad SMARTS) is 1. The molecule has 0 amide bonds. The Bertz CT molecular complexity index is 495. The minimum absolute atomic E-state index is 0.409. The predicted molar refractivity (Wildman–Crippen MR) is 67.9 cm³/mol. The number of benzene rings is 1. The maximum atomic E-state index is 11.1. The Balaban J connectivity index is 1.84. The van der Waals surface area contributed by atoms with Gasteiger partial charge in [-0.05, 0) is 25.0 Å². The number of oxazole rings is 1. The van der Waals surface area contributed by atoms with Gasteiger partial charge in [0.2, 0.25) is 0 Å². The van der Waals surface area contributed by atoms with Crippen LogP contribution in [0.4, 0.5) is 0 Å². The van der Waals surface area contributed by atoms with E-state index in [0.717, 1.165) is 0 Å².